The normalized spacial score (nSPS) is 14.0. The van der Waals surface area contributed by atoms with Crippen LogP contribution in [0.5, 0.6) is 0 Å². The first-order chi connectivity index (χ1) is 11.4. The summed E-state index contributed by atoms with van der Waals surface area (Å²) in [6.07, 6.45) is 16.5. The van der Waals surface area contributed by atoms with Crippen LogP contribution in [0.15, 0.2) is 36.5 Å². The Balaban J connectivity index is 2.41. The Labute approximate surface area is 158 Å². The van der Waals surface area contributed by atoms with Gasteiger partial charge in [0, 0.05) is 23.3 Å². The molecule has 0 radical (unpaired) electrons. The van der Waals surface area contributed by atoms with E-state index in [0.717, 1.165) is 11.4 Å². The lowest BCUT2D eigenvalue weighted by Crippen LogP contribution is -2.06. The first-order valence-corrected chi connectivity index (χ1v) is 14.9. The van der Waals surface area contributed by atoms with Gasteiger partial charge in [-0.15, -0.1) is 0 Å². The summed E-state index contributed by atoms with van der Waals surface area (Å²) in [5.74, 6) is 2.91. The van der Waals surface area contributed by atoms with Gasteiger partial charge in [0.15, 0.2) is 0 Å². The molecule has 1 nitrogen and oxygen atoms in total. The van der Waals surface area contributed by atoms with Crippen molar-refractivity contribution in [2.75, 3.05) is 37.5 Å². The molecule has 0 aliphatic heterocycles. The van der Waals surface area contributed by atoms with Crippen LogP contribution < -0.4 is 0 Å². The van der Waals surface area contributed by atoms with Crippen LogP contribution in [0.3, 0.4) is 0 Å². The van der Waals surface area contributed by atoms with E-state index < -0.39 is 20.1 Å². The third-order valence-corrected chi connectivity index (χ3v) is 6.49. The molecule has 0 fully saturated rings. The fourth-order valence-electron chi connectivity index (χ4n) is 2.92. The minimum atomic E-state index is -0.591. The Morgan fingerprint density at radius 2 is 1.32 bits per heavy atom. The van der Waals surface area contributed by atoms with Gasteiger partial charge in [0.05, 0.1) is 5.69 Å². The molecule has 25 heavy (non-hydrogen) atoms. The lowest BCUT2D eigenvalue weighted by atomic mass is 10.00. The highest BCUT2D eigenvalue weighted by Crippen LogP contribution is 2.44. The first kappa shape index (κ1) is 20.4. The molecule has 2 aromatic rings. The van der Waals surface area contributed by atoms with Gasteiger partial charge in [-0.3, -0.25) is 4.98 Å². The van der Waals surface area contributed by atoms with Gasteiger partial charge in [0.2, 0.25) is 0 Å². The van der Waals surface area contributed by atoms with E-state index in [1.54, 1.807) is 0 Å². The van der Waals surface area contributed by atoms with Gasteiger partial charge in [-0.25, -0.2) is 20.1 Å². The monoisotopic (exact) mass is 377 g/mol. The molecular formula is C22H35NS2. The SMILES string of the molecule is CC(C)c1ccc(-c2cc(CS(C)(C)C)c(CS(C)(C)C)cn2)cc1. The second-order valence-electron chi connectivity index (χ2n) is 9.09. The van der Waals surface area contributed by atoms with Crippen molar-refractivity contribution in [3.8, 4) is 11.3 Å². The molecule has 0 saturated heterocycles. The summed E-state index contributed by atoms with van der Waals surface area (Å²) in [7, 11) is -1.17. The number of hydrogen-bond donors (Lipinski definition) is 0. The predicted octanol–water partition coefficient (Wildman–Crippen LogP) is 6.26. The van der Waals surface area contributed by atoms with Crippen LogP contribution in [0.4, 0.5) is 0 Å². The van der Waals surface area contributed by atoms with Crippen LogP contribution in [0.2, 0.25) is 0 Å². The number of hydrogen-bond acceptors (Lipinski definition) is 1. The number of rotatable bonds is 6. The van der Waals surface area contributed by atoms with Crippen molar-refractivity contribution in [2.45, 2.75) is 31.3 Å². The predicted molar refractivity (Wildman–Crippen MR) is 122 cm³/mol. The van der Waals surface area contributed by atoms with Crippen LogP contribution in [-0.4, -0.2) is 42.5 Å². The molecule has 0 N–H and O–H groups in total. The summed E-state index contributed by atoms with van der Waals surface area (Å²) in [6.45, 7) is 4.47. The highest BCUT2D eigenvalue weighted by atomic mass is 32.3. The van der Waals surface area contributed by atoms with E-state index in [1.807, 2.05) is 0 Å². The van der Waals surface area contributed by atoms with Crippen molar-refractivity contribution in [3.05, 3.63) is 53.2 Å². The van der Waals surface area contributed by atoms with Crippen molar-refractivity contribution >= 4 is 20.1 Å². The van der Waals surface area contributed by atoms with E-state index in [0.29, 0.717) is 5.92 Å². The summed E-state index contributed by atoms with van der Waals surface area (Å²) >= 11 is 0. The van der Waals surface area contributed by atoms with Gasteiger partial charge in [-0.05, 0) is 66.2 Å². The maximum atomic E-state index is 4.82. The van der Waals surface area contributed by atoms with E-state index in [1.165, 1.54) is 28.0 Å². The molecule has 1 aromatic carbocycles. The summed E-state index contributed by atoms with van der Waals surface area (Å²) < 4.78 is 0. The molecule has 1 aromatic heterocycles. The number of pyridine rings is 1. The summed E-state index contributed by atoms with van der Waals surface area (Å²) in [5, 5.41) is 0. The molecule has 0 aliphatic rings. The first-order valence-electron chi connectivity index (χ1n) is 8.85. The maximum Gasteiger partial charge on any atom is 0.0705 e. The van der Waals surface area contributed by atoms with E-state index in [4.69, 9.17) is 4.98 Å². The van der Waals surface area contributed by atoms with Crippen LogP contribution in [0, 0.1) is 0 Å². The quantitative estimate of drug-likeness (QED) is 0.579. The standard InChI is InChI=1S/C22H35NS2/c1-17(2)18-9-11-19(12-10-18)22-13-20(15-24(3,4)5)21(14-23-22)16-25(6,7)8/h9-14,17H,15-16H2,1-8H3. The molecule has 0 unspecified atom stereocenters. The van der Waals surface area contributed by atoms with Crippen LogP contribution in [0.1, 0.15) is 36.5 Å². The van der Waals surface area contributed by atoms with Crippen molar-refractivity contribution in [2.24, 2.45) is 0 Å². The maximum absolute atomic E-state index is 4.82. The van der Waals surface area contributed by atoms with Crippen molar-refractivity contribution in [3.63, 3.8) is 0 Å². The largest absolute Gasteiger partial charge is 0.256 e. The molecule has 0 saturated carbocycles. The Morgan fingerprint density at radius 1 is 0.800 bits per heavy atom. The second kappa shape index (κ2) is 7.75. The molecule has 2 rings (SSSR count). The molecule has 0 spiro atoms. The fraction of sp³-hybridized carbons (Fsp3) is 0.500. The number of nitrogens with zero attached hydrogens (tertiary/aromatic N) is 1. The smallest absolute Gasteiger partial charge is 0.0705 e. The van der Waals surface area contributed by atoms with E-state index in [-0.39, 0.29) is 0 Å². The summed E-state index contributed by atoms with van der Waals surface area (Å²) in [4.78, 5) is 4.82. The topological polar surface area (TPSA) is 12.9 Å². The van der Waals surface area contributed by atoms with Crippen molar-refractivity contribution in [1.82, 2.24) is 4.98 Å². The van der Waals surface area contributed by atoms with Gasteiger partial charge in [-0.1, -0.05) is 38.1 Å². The minimum absolute atomic E-state index is 0.569. The molecule has 140 valence electrons. The third-order valence-electron chi connectivity index (χ3n) is 4.13. The van der Waals surface area contributed by atoms with Gasteiger partial charge in [0.25, 0.3) is 0 Å². The Kier molecular flexibility index (Phi) is 6.32. The lowest BCUT2D eigenvalue weighted by molar-refractivity contribution is 0.867. The highest BCUT2D eigenvalue weighted by Gasteiger charge is 2.15. The molecule has 0 atom stereocenters. The van der Waals surface area contributed by atoms with Gasteiger partial charge < -0.3 is 0 Å². The molecule has 1 heterocycles. The van der Waals surface area contributed by atoms with Crippen molar-refractivity contribution < 1.29 is 0 Å². The Morgan fingerprint density at radius 3 is 1.80 bits per heavy atom. The second-order valence-corrected chi connectivity index (χ2v) is 18.0. The van der Waals surface area contributed by atoms with E-state index in [9.17, 15) is 0 Å². The van der Waals surface area contributed by atoms with Crippen LogP contribution >= 0.6 is 20.1 Å². The Bertz CT molecular complexity index is 704. The molecule has 0 aliphatic carbocycles. The third kappa shape index (κ3) is 6.38. The zero-order valence-corrected chi connectivity index (χ0v) is 18.9. The number of benzene rings is 1. The zero-order valence-electron chi connectivity index (χ0n) is 17.2. The molecule has 3 heteroatoms. The molecule has 0 bridgehead atoms. The minimum Gasteiger partial charge on any atom is -0.256 e. The van der Waals surface area contributed by atoms with Gasteiger partial charge >= 0.3 is 0 Å². The molecule has 0 amide bonds. The molecular weight excluding hydrogens is 342 g/mol. The average Bonchev–Trinajstić information content (AvgIpc) is 2.46. The Hall–Kier alpha value is -0.930. The van der Waals surface area contributed by atoms with Crippen LogP contribution in [-0.2, 0) is 11.5 Å². The fourth-order valence-corrected chi connectivity index (χ4v) is 5.31. The number of aromatic nitrogens is 1. The van der Waals surface area contributed by atoms with Crippen molar-refractivity contribution in [1.29, 1.82) is 0 Å². The summed E-state index contributed by atoms with van der Waals surface area (Å²) in [5.41, 5.74) is 6.68. The average molecular weight is 378 g/mol. The lowest BCUT2D eigenvalue weighted by Gasteiger charge is -2.30. The zero-order chi connectivity index (χ0) is 18.8. The summed E-state index contributed by atoms with van der Waals surface area (Å²) in [6, 6.07) is 11.3. The van der Waals surface area contributed by atoms with E-state index >= 15 is 0 Å². The van der Waals surface area contributed by atoms with Crippen LogP contribution in [0.25, 0.3) is 11.3 Å². The van der Waals surface area contributed by atoms with E-state index in [2.05, 4.69) is 87.9 Å². The highest BCUT2D eigenvalue weighted by molar-refractivity contribution is 8.31. The van der Waals surface area contributed by atoms with Gasteiger partial charge in [-0.2, -0.15) is 0 Å². The van der Waals surface area contributed by atoms with Gasteiger partial charge in [0.1, 0.15) is 0 Å².